The summed E-state index contributed by atoms with van der Waals surface area (Å²) < 4.78 is 5.38. The molecular weight excluding hydrogens is 212 g/mol. The molecule has 0 saturated carbocycles. The number of ether oxygens (including phenoxy) is 1. The SMILES string of the molecule is CC1OCCC1C(=O)c1ccc(Cl)cc1. The molecule has 0 N–H and O–H groups in total. The Morgan fingerprint density at radius 3 is 2.60 bits per heavy atom. The molecule has 2 atom stereocenters. The van der Waals surface area contributed by atoms with Crippen LogP contribution in [0.25, 0.3) is 0 Å². The molecule has 1 aromatic carbocycles. The first kappa shape index (κ1) is 10.7. The van der Waals surface area contributed by atoms with E-state index < -0.39 is 0 Å². The first-order valence-electron chi connectivity index (χ1n) is 5.10. The fourth-order valence-corrected chi connectivity index (χ4v) is 2.03. The number of carbonyl (C=O) groups excluding carboxylic acids is 1. The third kappa shape index (κ3) is 2.21. The van der Waals surface area contributed by atoms with Crippen LogP contribution in [0.4, 0.5) is 0 Å². The lowest BCUT2D eigenvalue weighted by molar-refractivity contribution is 0.0764. The molecule has 3 heteroatoms. The van der Waals surface area contributed by atoms with Crippen LogP contribution in [-0.2, 0) is 4.74 Å². The molecule has 15 heavy (non-hydrogen) atoms. The number of halogens is 1. The summed E-state index contributed by atoms with van der Waals surface area (Å²) >= 11 is 5.77. The van der Waals surface area contributed by atoms with Gasteiger partial charge in [0.15, 0.2) is 5.78 Å². The molecule has 0 aromatic heterocycles. The number of carbonyl (C=O) groups is 1. The Labute approximate surface area is 94.2 Å². The lowest BCUT2D eigenvalue weighted by Gasteiger charge is -2.12. The maximum atomic E-state index is 12.0. The Kier molecular flexibility index (Phi) is 3.08. The van der Waals surface area contributed by atoms with Crippen LogP contribution in [0.1, 0.15) is 23.7 Å². The smallest absolute Gasteiger partial charge is 0.168 e. The Morgan fingerprint density at radius 2 is 2.07 bits per heavy atom. The minimum atomic E-state index is 0.00572. The van der Waals surface area contributed by atoms with Crippen molar-refractivity contribution in [1.29, 1.82) is 0 Å². The van der Waals surface area contributed by atoms with Gasteiger partial charge < -0.3 is 4.74 Å². The van der Waals surface area contributed by atoms with Crippen molar-refractivity contribution in [2.45, 2.75) is 19.4 Å². The zero-order chi connectivity index (χ0) is 10.8. The van der Waals surface area contributed by atoms with Gasteiger partial charge in [-0.3, -0.25) is 4.79 Å². The van der Waals surface area contributed by atoms with E-state index in [-0.39, 0.29) is 17.8 Å². The highest BCUT2D eigenvalue weighted by atomic mass is 35.5. The standard InChI is InChI=1S/C12H13ClO2/c1-8-11(6-7-15-8)12(14)9-2-4-10(13)5-3-9/h2-5,8,11H,6-7H2,1H3. The van der Waals surface area contributed by atoms with Crippen molar-refractivity contribution >= 4 is 17.4 Å². The second-order valence-electron chi connectivity index (χ2n) is 3.84. The Balaban J connectivity index is 2.17. The average molecular weight is 225 g/mol. The molecule has 2 rings (SSSR count). The molecule has 0 spiro atoms. The predicted octanol–water partition coefficient (Wildman–Crippen LogP) is 2.95. The van der Waals surface area contributed by atoms with Gasteiger partial charge in [0.2, 0.25) is 0 Å². The second-order valence-corrected chi connectivity index (χ2v) is 4.28. The predicted molar refractivity (Wildman–Crippen MR) is 59.3 cm³/mol. The van der Waals surface area contributed by atoms with Crippen LogP contribution in [0.5, 0.6) is 0 Å². The largest absolute Gasteiger partial charge is 0.378 e. The molecule has 1 fully saturated rings. The normalized spacial score (nSPS) is 25.5. The summed E-state index contributed by atoms with van der Waals surface area (Å²) in [5.41, 5.74) is 0.724. The van der Waals surface area contributed by atoms with E-state index in [2.05, 4.69) is 0 Å². The van der Waals surface area contributed by atoms with Crippen molar-refractivity contribution in [2.75, 3.05) is 6.61 Å². The summed E-state index contributed by atoms with van der Waals surface area (Å²) in [4.78, 5) is 12.0. The van der Waals surface area contributed by atoms with Crippen molar-refractivity contribution in [3.63, 3.8) is 0 Å². The van der Waals surface area contributed by atoms with Crippen LogP contribution in [0, 0.1) is 5.92 Å². The van der Waals surface area contributed by atoms with Gasteiger partial charge in [-0.05, 0) is 37.6 Å². The third-order valence-electron chi connectivity index (χ3n) is 2.84. The van der Waals surface area contributed by atoms with Crippen LogP contribution in [0.2, 0.25) is 5.02 Å². The van der Waals surface area contributed by atoms with E-state index in [1.807, 2.05) is 6.92 Å². The van der Waals surface area contributed by atoms with E-state index >= 15 is 0 Å². The molecule has 0 bridgehead atoms. The molecule has 1 saturated heterocycles. The van der Waals surface area contributed by atoms with Crippen LogP contribution >= 0.6 is 11.6 Å². The lowest BCUT2D eigenvalue weighted by Crippen LogP contribution is -2.21. The van der Waals surface area contributed by atoms with E-state index in [0.717, 1.165) is 12.0 Å². The average Bonchev–Trinajstić information content (AvgIpc) is 2.65. The van der Waals surface area contributed by atoms with Crippen molar-refractivity contribution in [2.24, 2.45) is 5.92 Å². The highest BCUT2D eigenvalue weighted by Gasteiger charge is 2.31. The molecule has 0 amide bonds. The van der Waals surface area contributed by atoms with E-state index in [1.165, 1.54) is 0 Å². The summed E-state index contributed by atoms with van der Waals surface area (Å²) in [5.74, 6) is 0.169. The van der Waals surface area contributed by atoms with Crippen LogP contribution in [0.15, 0.2) is 24.3 Å². The van der Waals surface area contributed by atoms with E-state index in [1.54, 1.807) is 24.3 Å². The first-order valence-corrected chi connectivity index (χ1v) is 5.47. The molecule has 0 aliphatic carbocycles. The van der Waals surface area contributed by atoms with Crippen molar-refractivity contribution < 1.29 is 9.53 Å². The quantitative estimate of drug-likeness (QED) is 0.722. The fraction of sp³-hybridized carbons (Fsp3) is 0.417. The number of Topliss-reactive ketones (excluding diaryl/α,β-unsaturated/α-hetero) is 1. The molecule has 1 heterocycles. The lowest BCUT2D eigenvalue weighted by atomic mass is 9.92. The van der Waals surface area contributed by atoms with E-state index in [9.17, 15) is 4.79 Å². The second kappa shape index (κ2) is 4.33. The first-order chi connectivity index (χ1) is 7.18. The maximum absolute atomic E-state index is 12.0. The van der Waals surface area contributed by atoms with Crippen LogP contribution in [-0.4, -0.2) is 18.5 Å². The molecule has 1 aliphatic heterocycles. The van der Waals surface area contributed by atoms with Gasteiger partial charge in [0.05, 0.1) is 12.0 Å². The summed E-state index contributed by atoms with van der Waals surface area (Å²) in [6.07, 6.45) is 0.857. The van der Waals surface area contributed by atoms with Crippen molar-refractivity contribution in [3.8, 4) is 0 Å². The Hall–Kier alpha value is -0.860. The molecule has 0 radical (unpaired) electrons. The highest BCUT2D eigenvalue weighted by molar-refractivity contribution is 6.30. The third-order valence-corrected chi connectivity index (χ3v) is 3.09. The van der Waals surface area contributed by atoms with Gasteiger partial charge in [0.1, 0.15) is 0 Å². The Morgan fingerprint density at radius 1 is 1.40 bits per heavy atom. The number of hydrogen-bond acceptors (Lipinski definition) is 2. The number of benzene rings is 1. The number of ketones is 1. The molecule has 2 nitrogen and oxygen atoms in total. The zero-order valence-electron chi connectivity index (χ0n) is 8.57. The molecular formula is C12H13ClO2. The highest BCUT2D eigenvalue weighted by Crippen LogP contribution is 2.25. The molecule has 80 valence electrons. The number of hydrogen-bond donors (Lipinski definition) is 0. The van der Waals surface area contributed by atoms with Gasteiger partial charge in [0, 0.05) is 17.2 Å². The van der Waals surface area contributed by atoms with Crippen LogP contribution < -0.4 is 0 Å². The maximum Gasteiger partial charge on any atom is 0.168 e. The summed E-state index contributed by atoms with van der Waals surface area (Å²) in [5, 5.41) is 0.655. The van der Waals surface area contributed by atoms with Gasteiger partial charge in [-0.2, -0.15) is 0 Å². The number of rotatable bonds is 2. The monoisotopic (exact) mass is 224 g/mol. The summed E-state index contributed by atoms with van der Waals surface area (Å²) in [6, 6.07) is 7.04. The van der Waals surface area contributed by atoms with Gasteiger partial charge in [-0.25, -0.2) is 0 Å². The summed E-state index contributed by atoms with van der Waals surface area (Å²) in [7, 11) is 0. The van der Waals surface area contributed by atoms with Crippen molar-refractivity contribution in [3.05, 3.63) is 34.9 Å². The van der Waals surface area contributed by atoms with Crippen LogP contribution in [0.3, 0.4) is 0 Å². The molecule has 1 aliphatic rings. The summed E-state index contributed by atoms with van der Waals surface area (Å²) in [6.45, 7) is 2.64. The fourth-order valence-electron chi connectivity index (χ4n) is 1.90. The van der Waals surface area contributed by atoms with Crippen molar-refractivity contribution in [1.82, 2.24) is 0 Å². The van der Waals surface area contributed by atoms with Gasteiger partial charge in [-0.1, -0.05) is 11.6 Å². The van der Waals surface area contributed by atoms with Gasteiger partial charge in [-0.15, -0.1) is 0 Å². The zero-order valence-corrected chi connectivity index (χ0v) is 9.33. The molecule has 1 aromatic rings. The topological polar surface area (TPSA) is 26.3 Å². The minimum absolute atomic E-state index is 0.00572. The van der Waals surface area contributed by atoms with Gasteiger partial charge >= 0.3 is 0 Å². The Bertz CT molecular complexity index is 358. The van der Waals surface area contributed by atoms with E-state index in [4.69, 9.17) is 16.3 Å². The molecule has 2 unspecified atom stereocenters. The van der Waals surface area contributed by atoms with E-state index in [0.29, 0.717) is 11.6 Å². The van der Waals surface area contributed by atoms with Gasteiger partial charge in [0.25, 0.3) is 0 Å². The minimum Gasteiger partial charge on any atom is -0.378 e.